The highest BCUT2D eigenvalue weighted by atomic mass is 16.2. The summed E-state index contributed by atoms with van der Waals surface area (Å²) in [5.74, 6) is -1.93. The predicted molar refractivity (Wildman–Crippen MR) is 99.5 cm³/mol. The van der Waals surface area contributed by atoms with Crippen LogP contribution >= 0.6 is 0 Å². The van der Waals surface area contributed by atoms with E-state index in [1.54, 1.807) is 12.1 Å². The summed E-state index contributed by atoms with van der Waals surface area (Å²) in [5, 5.41) is 5.31. The lowest BCUT2D eigenvalue weighted by molar-refractivity contribution is -0.136. The highest BCUT2D eigenvalue weighted by Gasteiger charge is 2.44. The van der Waals surface area contributed by atoms with Gasteiger partial charge in [-0.15, -0.1) is 0 Å². The first-order valence-electron chi connectivity index (χ1n) is 9.15. The van der Waals surface area contributed by atoms with Gasteiger partial charge in [0.25, 0.3) is 11.8 Å². The molecule has 3 rings (SSSR count). The molecule has 1 fully saturated rings. The zero-order valence-corrected chi connectivity index (χ0v) is 15.6. The number of imide groups is 2. The zero-order valence-electron chi connectivity index (χ0n) is 15.6. The van der Waals surface area contributed by atoms with Crippen molar-refractivity contribution in [3.8, 4) is 0 Å². The molecule has 4 amide bonds. The molecule has 1 saturated heterocycles. The third kappa shape index (κ3) is 3.71. The van der Waals surface area contributed by atoms with Gasteiger partial charge in [0, 0.05) is 25.7 Å². The van der Waals surface area contributed by atoms with Crippen LogP contribution in [0.2, 0.25) is 0 Å². The first-order valence-corrected chi connectivity index (χ1v) is 9.15. The minimum absolute atomic E-state index is 0.115. The SMILES string of the molecule is CNCCCCN(C)c1ccc2c(c1)C(=O)N(C1CCC(=O)NC1=O)C2=O. The summed E-state index contributed by atoms with van der Waals surface area (Å²) in [6.45, 7) is 1.78. The molecule has 0 aliphatic carbocycles. The molecule has 1 aromatic rings. The molecule has 0 aromatic heterocycles. The van der Waals surface area contributed by atoms with Gasteiger partial charge in [0.2, 0.25) is 11.8 Å². The Morgan fingerprint density at radius 2 is 1.89 bits per heavy atom. The van der Waals surface area contributed by atoms with Gasteiger partial charge in [-0.3, -0.25) is 29.4 Å². The lowest BCUT2D eigenvalue weighted by Crippen LogP contribution is -2.54. The number of rotatable bonds is 7. The van der Waals surface area contributed by atoms with Crippen LogP contribution in [-0.4, -0.2) is 61.8 Å². The van der Waals surface area contributed by atoms with E-state index in [0.29, 0.717) is 11.1 Å². The van der Waals surface area contributed by atoms with E-state index in [1.165, 1.54) is 0 Å². The summed E-state index contributed by atoms with van der Waals surface area (Å²) < 4.78 is 0. The molecular weight excluding hydrogens is 348 g/mol. The topological polar surface area (TPSA) is 98.8 Å². The number of carbonyl (C=O) groups excluding carboxylic acids is 4. The molecule has 2 aliphatic heterocycles. The number of carbonyl (C=O) groups is 4. The summed E-state index contributed by atoms with van der Waals surface area (Å²) in [6.07, 6.45) is 2.33. The molecule has 0 spiro atoms. The minimum atomic E-state index is -0.933. The Morgan fingerprint density at radius 1 is 1.15 bits per heavy atom. The number of benzene rings is 1. The van der Waals surface area contributed by atoms with E-state index in [-0.39, 0.29) is 18.7 Å². The number of nitrogens with one attached hydrogen (secondary N) is 2. The van der Waals surface area contributed by atoms with Gasteiger partial charge in [0.05, 0.1) is 11.1 Å². The third-order valence-electron chi connectivity index (χ3n) is 5.03. The Morgan fingerprint density at radius 3 is 2.59 bits per heavy atom. The van der Waals surface area contributed by atoms with Gasteiger partial charge in [0.15, 0.2) is 0 Å². The van der Waals surface area contributed by atoms with Crippen LogP contribution in [0.5, 0.6) is 0 Å². The smallest absolute Gasteiger partial charge is 0.262 e. The fourth-order valence-electron chi connectivity index (χ4n) is 3.48. The van der Waals surface area contributed by atoms with Gasteiger partial charge >= 0.3 is 0 Å². The van der Waals surface area contributed by atoms with Crippen LogP contribution in [0.1, 0.15) is 46.4 Å². The number of anilines is 1. The van der Waals surface area contributed by atoms with Crippen LogP contribution in [-0.2, 0) is 9.59 Å². The second-order valence-electron chi connectivity index (χ2n) is 6.91. The fraction of sp³-hybridized carbons (Fsp3) is 0.474. The molecule has 144 valence electrons. The van der Waals surface area contributed by atoms with Crippen molar-refractivity contribution in [1.82, 2.24) is 15.5 Å². The van der Waals surface area contributed by atoms with Gasteiger partial charge < -0.3 is 10.2 Å². The molecular formula is C19H24N4O4. The first kappa shape index (κ1) is 19.0. The van der Waals surface area contributed by atoms with Gasteiger partial charge in [0.1, 0.15) is 6.04 Å². The monoisotopic (exact) mass is 372 g/mol. The van der Waals surface area contributed by atoms with E-state index in [0.717, 1.165) is 36.5 Å². The van der Waals surface area contributed by atoms with Gasteiger partial charge in [-0.1, -0.05) is 0 Å². The lowest BCUT2D eigenvalue weighted by Gasteiger charge is -2.27. The molecule has 1 atom stereocenters. The second-order valence-corrected chi connectivity index (χ2v) is 6.91. The van der Waals surface area contributed by atoms with Gasteiger partial charge in [-0.2, -0.15) is 0 Å². The second kappa shape index (κ2) is 7.87. The number of amides is 4. The molecule has 27 heavy (non-hydrogen) atoms. The van der Waals surface area contributed by atoms with Crippen molar-refractivity contribution in [2.45, 2.75) is 31.7 Å². The van der Waals surface area contributed by atoms with Crippen molar-refractivity contribution in [3.63, 3.8) is 0 Å². The average molecular weight is 372 g/mol. The molecule has 8 nitrogen and oxygen atoms in total. The van der Waals surface area contributed by atoms with Crippen molar-refractivity contribution in [2.24, 2.45) is 0 Å². The average Bonchev–Trinajstić information content (AvgIpc) is 2.89. The van der Waals surface area contributed by atoms with E-state index >= 15 is 0 Å². The Kier molecular flexibility index (Phi) is 5.55. The van der Waals surface area contributed by atoms with Crippen molar-refractivity contribution in [1.29, 1.82) is 0 Å². The molecule has 0 radical (unpaired) electrons. The van der Waals surface area contributed by atoms with Crippen LogP contribution in [0.3, 0.4) is 0 Å². The molecule has 2 aliphatic rings. The van der Waals surface area contributed by atoms with Crippen LogP contribution in [0.15, 0.2) is 18.2 Å². The standard InChI is InChI=1S/C19H24N4O4/c1-20-9-3-4-10-22(2)12-5-6-13-14(11-12)19(27)23(18(13)26)15-7-8-16(24)21-17(15)25/h5-6,11,15,20H,3-4,7-10H2,1-2H3,(H,21,24,25). The van der Waals surface area contributed by atoms with Crippen LogP contribution < -0.4 is 15.5 Å². The highest BCUT2D eigenvalue weighted by Crippen LogP contribution is 2.30. The highest BCUT2D eigenvalue weighted by molar-refractivity contribution is 6.23. The third-order valence-corrected chi connectivity index (χ3v) is 5.03. The normalized spacial score (nSPS) is 19.3. The van der Waals surface area contributed by atoms with E-state index in [4.69, 9.17) is 0 Å². The molecule has 1 unspecified atom stereocenters. The summed E-state index contributed by atoms with van der Waals surface area (Å²) in [4.78, 5) is 52.0. The largest absolute Gasteiger partial charge is 0.375 e. The molecule has 1 aromatic carbocycles. The predicted octanol–water partition coefficient (Wildman–Crippen LogP) is 0.524. The Bertz CT molecular complexity index is 792. The quantitative estimate of drug-likeness (QED) is 0.535. The maximum Gasteiger partial charge on any atom is 0.262 e. The molecule has 2 N–H and O–H groups in total. The number of hydrogen-bond donors (Lipinski definition) is 2. The maximum atomic E-state index is 12.8. The summed E-state index contributed by atoms with van der Waals surface area (Å²) in [6, 6.07) is 4.23. The Balaban J connectivity index is 1.76. The van der Waals surface area contributed by atoms with Gasteiger partial charge in [-0.25, -0.2) is 0 Å². The minimum Gasteiger partial charge on any atom is -0.375 e. The van der Waals surface area contributed by atoms with E-state index in [1.807, 2.05) is 25.1 Å². The van der Waals surface area contributed by atoms with Crippen molar-refractivity contribution < 1.29 is 19.2 Å². The summed E-state index contributed by atoms with van der Waals surface area (Å²) in [5.41, 5.74) is 1.46. The fourth-order valence-corrected chi connectivity index (χ4v) is 3.48. The molecule has 2 heterocycles. The lowest BCUT2D eigenvalue weighted by atomic mass is 10.0. The van der Waals surface area contributed by atoms with E-state index < -0.39 is 23.8 Å². The number of nitrogens with zero attached hydrogens (tertiary/aromatic N) is 2. The van der Waals surface area contributed by atoms with Crippen LogP contribution in [0.25, 0.3) is 0 Å². The van der Waals surface area contributed by atoms with E-state index in [9.17, 15) is 19.2 Å². The van der Waals surface area contributed by atoms with Crippen LogP contribution in [0.4, 0.5) is 5.69 Å². The number of piperidine rings is 1. The van der Waals surface area contributed by atoms with Gasteiger partial charge in [-0.05, 0) is 51.1 Å². The van der Waals surface area contributed by atoms with Crippen molar-refractivity contribution in [2.75, 3.05) is 32.1 Å². The summed E-state index contributed by atoms with van der Waals surface area (Å²) >= 11 is 0. The number of unbranched alkanes of at least 4 members (excludes halogenated alkanes) is 1. The van der Waals surface area contributed by atoms with Crippen LogP contribution in [0, 0.1) is 0 Å². The first-order chi connectivity index (χ1) is 12.9. The van der Waals surface area contributed by atoms with E-state index in [2.05, 4.69) is 10.6 Å². The molecule has 8 heteroatoms. The molecule has 0 saturated carbocycles. The molecule has 0 bridgehead atoms. The van der Waals surface area contributed by atoms with Crippen molar-refractivity contribution >= 4 is 29.3 Å². The zero-order chi connectivity index (χ0) is 19.6. The maximum absolute atomic E-state index is 12.8. The Hall–Kier alpha value is -2.74. The number of hydrogen-bond acceptors (Lipinski definition) is 6. The number of fused-ring (bicyclic) bond motifs is 1. The summed E-state index contributed by atoms with van der Waals surface area (Å²) in [7, 11) is 3.86. The Labute approximate surface area is 157 Å². The van der Waals surface area contributed by atoms with Crippen molar-refractivity contribution in [3.05, 3.63) is 29.3 Å².